The van der Waals surface area contributed by atoms with Crippen molar-refractivity contribution < 1.29 is 0 Å². The van der Waals surface area contributed by atoms with Crippen molar-refractivity contribution in [2.24, 2.45) is 45.3 Å². The maximum absolute atomic E-state index is 2.65. The van der Waals surface area contributed by atoms with Gasteiger partial charge in [-0.1, -0.05) is 41.5 Å². The molecule has 0 saturated heterocycles. The zero-order valence-electron chi connectivity index (χ0n) is 13.8. The molecule has 0 amide bonds. The summed E-state index contributed by atoms with van der Waals surface area (Å²) >= 11 is 0. The predicted molar refractivity (Wildman–Crippen MR) is 80.8 cm³/mol. The molecular formula is C19H32. The highest BCUT2D eigenvalue weighted by Crippen LogP contribution is 2.84. The lowest BCUT2D eigenvalue weighted by Crippen LogP contribution is -2.71. The maximum Gasteiger partial charge on any atom is -0.0156 e. The highest BCUT2D eigenvalue weighted by Gasteiger charge is 2.78. The van der Waals surface area contributed by atoms with Crippen LogP contribution in [-0.4, -0.2) is 0 Å². The second kappa shape index (κ2) is 3.09. The average Bonchev–Trinajstić information content (AvgIpc) is 2.38. The molecule has 19 heavy (non-hydrogen) atoms. The molecule has 0 heterocycles. The minimum atomic E-state index is 0.456. The van der Waals surface area contributed by atoms with Crippen LogP contribution in [0.3, 0.4) is 0 Å². The van der Waals surface area contributed by atoms with Crippen LogP contribution < -0.4 is 0 Å². The Labute approximate surface area is 119 Å². The minimum Gasteiger partial charge on any atom is -0.0591 e. The molecule has 0 aliphatic heterocycles. The molecular weight excluding hydrogens is 228 g/mol. The third-order valence-electron chi connectivity index (χ3n) is 9.87. The van der Waals surface area contributed by atoms with Gasteiger partial charge in [0.2, 0.25) is 0 Å². The number of hydrogen-bond donors (Lipinski definition) is 0. The third kappa shape index (κ3) is 0.997. The molecule has 2 bridgehead atoms. The Morgan fingerprint density at radius 3 is 1.68 bits per heavy atom. The molecule has 0 radical (unpaired) electrons. The van der Waals surface area contributed by atoms with Crippen LogP contribution in [0.1, 0.15) is 73.6 Å². The van der Waals surface area contributed by atoms with Crippen LogP contribution in [0.15, 0.2) is 0 Å². The molecule has 0 aromatic carbocycles. The largest absolute Gasteiger partial charge is 0.0591 e. The standard InChI is InChI=1S/C19H32/c1-16(2)12-7-8-13-10-15-11-14(9-12)19(13,15)18(5,6)17(16,3)4/h12-15H,7-11H2,1-6H3. The van der Waals surface area contributed by atoms with Crippen LogP contribution in [0.2, 0.25) is 0 Å². The lowest BCUT2D eigenvalue weighted by atomic mass is 9.27. The van der Waals surface area contributed by atoms with Crippen molar-refractivity contribution in [2.45, 2.75) is 73.6 Å². The fourth-order valence-electron chi connectivity index (χ4n) is 7.80. The van der Waals surface area contributed by atoms with Gasteiger partial charge in [0.25, 0.3) is 0 Å². The van der Waals surface area contributed by atoms with Crippen LogP contribution in [0, 0.1) is 45.3 Å². The minimum absolute atomic E-state index is 0.456. The van der Waals surface area contributed by atoms with Crippen LogP contribution in [0.4, 0.5) is 0 Å². The van der Waals surface area contributed by atoms with Crippen LogP contribution in [-0.2, 0) is 0 Å². The van der Waals surface area contributed by atoms with E-state index in [2.05, 4.69) is 41.5 Å². The van der Waals surface area contributed by atoms with Gasteiger partial charge in [0, 0.05) is 0 Å². The molecule has 108 valence electrons. The second-order valence-electron chi connectivity index (χ2n) is 9.98. The first-order valence-electron chi connectivity index (χ1n) is 8.67. The summed E-state index contributed by atoms with van der Waals surface area (Å²) in [5.41, 5.74) is 2.19. The van der Waals surface area contributed by atoms with E-state index in [4.69, 9.17) is 0 Å². The van der Waals surface area contributed by atoms with Crippen LogP contribution in [0.25, 0.3) is 0 Å². The summed E-state index contributed by atoms with van der Waals surface area (Å²) in [5.74, 6) is 4.20. The molecule has 0 nitrogen and oxygen atoms in total. The summed E-state index contributed by atoms with van der Waals surface area (Å²) in [7, 11) is 0. The lowest BCUT2D eigenvalue weighted by Gasteiger charge is -2.77. The lowest BCUT2D eigenvalue weighted by molar-refractivity contribution is -0.296. The molecule has 4 aliphatic carbocycles. The fourth-order valence-corrected chi connectivity index (χ4v) is 7.80. The van der Waals surface area contributed by atoms with E-state index in [1.807, 2.05) is 0 Å². The smallest absolute Gasteiger partial charge is 0.0156 e. The van der Waals surface area contributed by atoms with E-state index in [9.17, 15) is 0 Å². The number of rotatable bonds is 0. The normalized spacial score (nSPS) is 55.3. The Balaban J connectivity index is 1.95. The van der Waals surface area contributed by atoms with Gasteiger partial charge in [0.05, 0.1) is 0 Å². The summed E-state index contributed by atoms with van der Waals surface area (Å²) in [4.78, 5) is 0. The summed E-state index contributed by atoms with van der Waals surface area (Å²) in [6.07, 6.45) is 7.75. The van der Waals surface area contributed by atoms with E-state index in [0.29, 0.717) is 16.2 Å². The monoisotopic (exact) mass is 260 g/mol. The SMILES string of the molecule is CC1(C)C2CCC3CC4CC(C2)C34C(C)(C)C1(C)C. The maximum atomic E-state index is 2.65. The Hall–Kier alpha value is 0. The van der Waals surface area contributed by atoms with Gasteiger partial charge in [-0.3, -0.25) is 0 Å². The van der Waals surface area contributed by atoms with Crippen molar-refractivity contribution in [2.75, 3.05) is 0 Å². The fraction of sp³-hybridized carbons (Fsp3) is 1.00. The summed E-state index contributed by atoms with van der Waals surface area (Å²) in [6.45, 7) is 15.7. The van der Waals surface area contributed by atoms with Gasteiger partial charge in [-0.25, -0.2) is 0 Å². The van der Waals surface area contributed by atoms with Gasteiger partial charge >= 0.3 is 0 Å². The van der Waals surface area contributed by atoms with E-state index < -0.39 is 0 Å². The number of fused-ring (bicyclic) bond motifs is 1. The molecule has 5 atom stereocenters. The highest BCUT2D eigenvalue weighted by molar-refractivity contribution is 5.26. The van der Waals surface area contributed by atoms with E-state index in [0.717, 1.165) is 29.1 Å². The van der Waals surface area contributed by atoms with Gasteiger partial charge in [0.1, 0.15) is 0 Å². The average molecular weight is 260 g/mol. The van der Waals surface area contributed by atoms with Gasteiger partial charge in [0.15, 0.2) is 0 Å². The van der Waals surface area contributed by atoms with Crippen molar-refractivity contribution in [1.82, 2.24) is 0 Å². The molecule has 4 saturated carbocycles. The van der Waals surface area contributed by atoms with Gasteiger partial charge < -0.3 is 0 Å². The van der Waals surface area contributed by atoms with Gasteiger partial charge in [-0.05, 0) is 77.4 Å². The van der Waals surface area contributed by atoms with Gasteiger partial charge in [-0.15, -0.1) is 0 Å². The van der Waals surface area contributed by atoms with Crippen molar-refractivity contribution >= 4 is 0 Å². The molecule has 5 unspecified atom stereocenters. The Morgan fingerprint density at radius 1 is 0.579 bits per heavy atom. The Kier molecular flexibility index (Phi) is 2.07. The summed E-state index contributed by atoms with van der Waals surface area (Å²) < 4.78 is 0. The zero-order chi connectivity index (χ0) is 13.8. The number of hydrogen-bond acceptors (Lipinski definition) is 0. The van der Waals surface area contributed by atoms with Crippen LogP contribution >= 0.6 is 0 Å². The quantitative estimate of drug-likeness (QED) is 0.538. The highest BCUT2D eigenvalue weighted by atomic mass is 14.8. The van der Waals surface area contributed by atoms with Gasteiger partial charge in [-0.2, -0.15) is 0 Å². The molecule has 4 fully saturated rings. The first kappa shape index (κ1) is 12.7. The van der Waals surface area contributed by atoms with E-state index in [-0.39, 0.29) is 0 Å². The molecule has 4 aliphatic rings. The van der Waals surface area contributed by atoms with Crippen molar-refractivity contribution in [1.29, 1.82) is 0 Å². The topological polar surface area (TPSA) is 0 Å². The molecule has 1 spiro atoms. The summed E-state index contributed by atoms with van der Waals surface area (Å²) in [6, 6.07) is 0. The van der Waals surface area contributed by atoms with Crippen LogP contribution in [0.5, 0.6) is 0 Å². The third-order valence-corrected chi connectivity index (χ3v) is 9.87. The van der Waals surface area contributed by atoms with Crippen molar-refractivity contribution in [3.05, 3.63) is 0 Å². The van der Waals surface area contributed by atoms with Crippen molar-refractivity contribution in [3.8, 4) is 0 Å². The molecule has 0 aromatic rings. The van der Waals surface area contributed by atoms with E-state index in [1.165, 1.54) is 6.42 Å². The Morgan fingerprint density at radius 2 is 1.05 bits per heavy atom. The molecule has 4 rings (SSSR count). The zero-order valence-corrected chi connectivity index (χ0v) is 13.8. The predicted octanol–water partition coefficient (Wildman–Crippen LogP) is 5.52. The van der Waals surface area contributed by atoms with E-state index >= 15 is 0 Å². The molecule has 0 heteroatoms. The first-order chi connectivity index (χ1) is 8.67. The molecule has 0 N–H and O–H groups in total. The summed E-state index contributed by atoms with van der Waals surface area (Å²) in [5, 5.41) is 0. The second-order valence-corrected chi connectivity index (χ2v) is 9.98. The Bertz CT molecular complexity index is 427. The van der Waals surface area contributed by atoms with Crippen molar-refractivity contribution in [3.63, 3.8) is 0 Å². The first-order valence-corrected chi connectivity index (χ1v) is 8.67. The van der Waals surface area contributed by atoms with E-state index in [1.54, 1.807) is 25.7 Å². The molecule has 0 aromatic heterocycles.